The second-order valence-electron chi connectivity index (χ2n) is 16.6. The van der Waals surface area contributed by atoms with Gasteiger partial charge in [0, 0.05) is 62.0 Å². The Morgan fingerprint density at radius 1 is 1.06 bits per heavy atom. The number of aliphatic hydroxyl groups is 1. The molecule has 1 amide bonds. The van der Waals surface area contributed by atoms with Gasteiger partial charge >= 0.3 is 5.69 Å². The first kappa shape index (κ1) is 52.5. The third-order valence-electron chi connectivity index (χ3n) is 10.7. The maximum absolute atomic E-state index is 12.9. The number of rotatable bonds is 21. The summed E-state index contributed by atoms with van der Waals surface area (Å²) in [4.78, 5) is 53.6. The maximum atomic E-state index is 12.9. The minimum Gasteiger partial charge on any atom is -0.392 e. The number of nitro groups is 1. The topological polar surface area (TPSA) is 255 Å². The van der Waals surface area contributed by atoms with Crippen LogP contribution >= 0.6 is 8.53 Å². The van der Waals surface area contributed by atoms with Crippen LogP contribution in [0.3, 0.4) is 0 Å². The van der Waals surface area contributed by atoms with Crippen molar-refractivity contribution in [3.63, 3.8) is 0 Å². The van der Waals surface area contributed by atoms with Gasteiger partial charge in [-0.1, -0.05) is 17.9 Å². The number of carbonyl (C=O) groups excluding carboxylic acids is 1. The number of aliphatic hydroxyl groups excluding tert-OH is 1. The predicted molar refractivity (Wildman–Crippen MR) is 258 cm³/mol. The lowest BCUT2D eigenvalue weighted by Crippen LogP contribution is -2.35. The molecule has 1 fully saturated rings. The van der Waals surface area contributed by atoms with Crippen LogP contribution in [0.1, 0.15) is 88.8 Å². The number of carbonyl (C=O) groups is 1. The molecule has 1 aliphatic rings. The summed E-state index contributed by atoms with van der Waals surface area (Å²) >= 11 is 0. The molecular weight excluding hydrogens is 894 g/mol. The molecule has 68 heavy (non-hydrogen) atoms. The summed E-state index contributed by atoms with van der Waals surface area (Å²) in [6.45, 7) is 14.0. The number of nitro benzene ring substituents is 1. The number of aromatic amines is 1. The zero-order chi connectivity index (χ0) is 49.5. The summed E-state index contributed by atoms with van der Waals surface area (Å²) in [5.41, 5.74) is 2.89. The van der Waals surface area contributed by atoms with E-state index in [2.05, 4.69) is 53.3 Å². The van der Waals surface area contributed by atoms with Crippen molar-refractivity contribution >= 4 is 48.6 Å². The van der Waals surface area contributed by atoms with Gasteiger partial charge in [0.15, 0.2) is 5.69 Å². The number of amides is 1. The second-order valence-corrected chi connectivity index (χ2v) is 18.0. The highest BCUT2D eigenvalue weighted by atomic mass is 31.2. The lowest BCUT2D eigenvalue weighted by Gasteiger charge is -2.37. The number of aromatic nitrogens is 2. The van der Waals surface area contributed by atoms with Crippen molar-refractivity contribution < 1.29 is 28.6 Å². The van der Waals surface area contributed by atoms with E-state index in [1.807, 2.05) is 58.7 Å². The van der Waals surface area contributed by atoms with E-state index in [4.69, 9.17) is 19.0 Å². The van der Waals surface area contributed by atoms with Crippen LogP contribution in [-0.4, -0.2) is 81.2 Å². The SMILES string of the molecule is Cc1ccc(N=Nc2cc(CO)c(N=Nc3ccc(N(C)CCCC(=O)NCC#Cc4cn(C5CC(OP(OCCC#N)N(C(C)C)C(C)C)C(C)O5)c(=O)[nH]c4=O)cc3)cc2C)c([N+](=O)[O-])c1. The predicted octanol–water partition coefficient (Wildman–Crippen LogP) is 8.74. The summed E-state index contributed by atoms with van der Waals surface area (Å²) in [5, 5.41) is 50.4. The zero-order valence-corrected chi connectivity index (χ0v) is 40.4. The number of hydrogen-bond acceptors (Lipinski definition) is 16. The van der Waals surface area contributed by atoms with Gasteiger partial charge in [-0.25, -0.2) is 9.46 Å². The molecule has 0 radical (unpaired) electrons. The Labute approximate surface area is 396 Å². The van der Waals surface area contributed by atoms with E-state index < -0.39 is 43.1 Å². The highest BCUT2D eigenvalue weighted by Crippen LogP contribution is 2.50. The highest BCUT2D eigenvalue weighted by Gasteiger charge is 2.39. The summed E-state index contributed by atoms with van der Waals surface area (Å²) in [6.07, 6.45) is 1.10. The Balaban J connectivity index is 1.10. The quantitative estimate of drug-likeness (QED) is 0.0177. The van der Waals surface area contributed by atoms with Gasteiger partial charge < -0.3 is 29.1 Å². The van der Waals surface area contributed by atoms with Gasteiger partial charge in [-0.2, -0.15) is 20.6 Å². The maximum Gasteiger partial charge on any atom is 0.330 e. The zero-order valence-electron chi connectivity index (χ0n) is 39.5. The van der Waals surface area contributed by atoms with E-state index in [1.54, 1.807) is 44.2 Å². The van der Waals surface area contributed by atoms with Crippen LogP contribution in [0.15, 0.2) is 90.8 Å². The molecule has 4 aromatic rings. The largest absolute Gasteiger partial charge is 0.392 e. The lowest BCUT2D eigenvalue weighted by atomic mass is 10.1. The van der Waals surface area contributed by atoms with Gasteiger partial charge in [-0.15, -0.1) is 5.11 Å². The highest BCUT2D eigenvalue weighted by molar-refractivity contribution is 7.44. The minimum absolute atomic E-state index is 0.0108. The Hall–Kier alpha value is -6.51. The molecule has 1 aromatic heterocycles. The van der Waals surface area contributed by atoms with Gasteiger partial charge in [-0.3, -0.25) is 29.3 Å². The molecule has 0 bridgehead atoms. The molecule has 0 spiro atoms. The Morgan fingerprint density at radius 3 is 2.44 bits per heavy atom. The Bertz CT molecular complexity index is 2680. The molecule has 360 valence electrons. The first-order chi connectivity index (χ1) is 32.5. The number of hydrogen-bond donors (Lipinski definition) is 3. The van der Waals surface area contributed by atoms with Gasteiger partial charge in [-0.05, 0) is 108 Å². The molecule has 3 N–H and O–H groups in total. The van der Waals surface area contributed by atoms with Crippen molar-refractivity contribution in [1.82, 2.24) is 19.5 Å². The van der Waals surface area contributed by atoms with Gasteiger partial charge in [0.2, 0.25) is 5.91 Å². The fourth-order valence-corrected chi connectivity index (χ4v) is 8.97. The molecule has 4 unspecified atom stereocenters. The van der Waals surface area contributed by atoms with Crippen LogP contribution in [0.4, 0.5) is 34.1 Å². The molecule has 2 heterocycles. The third kappa shape index (κ3) is 14.5. The first-order valence-electron chi connectivity index (χ1n) is 22.1. The van der Waals surface area contributed by atoms with Crippen molar-refractivity contribution in [3.8, 4) is 17.9 Å². The number of aryl methyl sites for hydroxylation is 2. The summed E-state index contributed by atoms with van der Waals surface area (Å²) < 4.78 is 22.1. The number of anilines is 1. The average Bonchev–Trinajstić information content (AvgIpc) is 3.66. The molecule has 21 heteroatoms. The van der Waals surface area contributed by atoms with Crippen LogP contribution in [0.5, 0.6) is 0 Å². The molecule has 0 saturated carbocycles. The second kappa shape index (κ2) is 25.0. The Morgan fingerprint density at radius 2 is 1.76 bits per heavy atom. The fourth-order valence-electron chi connectivity index (χ4n) is 7.17. The number of nitriles is 1. The van der Waals surface area contributed by atoms with Gasteiger partial charge in [0.1, 0.15) is 11.8 Å². The van der Waals surface area contributed by atoms with Crippen molar-refractivity contribution in [1.29, 1.82) is 5.26 Å². The summed E-state index contributed by atoms with van der Waals surface area (Å²) in [7, 11) is 0.369. The van der Waals surface area contributed by atoms with Gasteiger partial charge in [0.25, 0.3) is 19.8 Å². The molecule has 5 rings (SSSR count). The van der Waals surface area contributed by atoms with Crippen molar-refractivity contribution in [2.75, 3.05) is 31.6 Å². The van der Waals surface area contributed by atoms with E-state index in [0.717, 1.165) is 11.3 Å². The summed E-state index contributed by atoms with van der Waals surface area (Å²) in [5.74, 6) is 5.35. The molecule has 0 aliphatic carbocycles. The number of ether oxygens (including phenoxy) is 1. The van der Waals surface area contributed by atoms with Crippen LogP contribution in [0, 0.1) is 47.1 Å². The van der Waals surface area contributed by atoms with E-state index >= 15 is 0 Å². The lowest BCUT2D eigenvalue weighted by molar-refractivity contribution is -0.384. The normalized spacial score (nSPS) is 16.4. The average molecular weight is 952 g/mol. The van der Waals surface area contributed by atoms with Crippen LogP contribution in [0.25, 0.3) is 0 Å². The number of nitrogens with one attached hydrogen (secondary N) is 2. The van der Waals surface area contributed by atoms with Crippen molar-refractivity contribution in [3.05, 3.63) is 114 Å². The first-order valence-corrected chi connectivity index (χ1v) is 23.3. The van der Waals surface area contributed by atoms with Crippen molar-refractivity contribution in [2.24, 2.45) is 20.5 Å². The van der Waals surface area contributed by atoms with E-state index in [9.17, 15) is 29.6 Å². The van der Waals surface area contributed by atoms with E-state index in [0.29, 0.717) is 47.6 Å². The number of H-pyrrole nitrogens is 1. The van der Waals surface area contributed by atoms with Crippen LogP contribution < -0.4 is 21.5 Å². The molecule has 4 atom stereocenters. The van der Waals surface area contributed by atoms with E-state index in [1.165, 1.54) is 22.9 Å². The number of benzene rings is 3. The third-order valence-corrected chi connectivity index (χ3v) is 12.9. The minimum atomic E-state index is -1.54. The monoisotopic (exact) mass is 951 g/mol. The molecule has 1 aliphatic heterocycles. The number of nitrogens with zero attached hydrogens (tertiary/aromatic N) is 9. The molecule has 20 nitrogen and oxygen atoms in total. The fraction of sp³-hybridized carbons (Fsp3) is 0.447. The summed E-state index contributed by atoms with van der Waals surface area (Å²) in [6, 6.07) is 17.7. The van der Waals surface area contributed by atoms with E-state index in [-0.39, 0.29) is 67.5 Å². The van der Waals surface area contributed by atoms with Crippen LogP contribution in [-0.2, 0) is 25.2 Å². The molecule has 1 saturated heterocycles. The smallest absolute Gasteiger partial charge is 0.330 e. The van der Waals surface area contributed by atoms with Gasteiger partial charge in [0.05, 0.1) is 66.4 Å². The molecule has 3 aromatic carbocycles. The number of azo groups is 2. The standard InChI is InChI=1S/C47H58N11O9P/c1-30(2)57(31(3)4)68(65-23-11-20-48)67-43-27-45(66-34(43)7)56-28-35(46(61)50-47(56)62)12-9-21-49-44(60)13-10-22-55(8)38-17-15-37(16-18-38)51-54-41-25-33(6)40(26-36(41)29-59)53-52-39-19-14-32(5)24-42(39)58(63)64/h14-19,24-26,28,30-31,34,43,45,59H,10-11,13,21-23,27,29H2,1-8H3,(H,49,60)(H,50,61,62). The van der Waals surface area contributed by atoms with Crippen molar-refractivity contribution in [2.45, 2.75) is 111 Å². The Kier molecular flexibility index (Phi) is 19.3. The molecular formula is C47H58N11O9P. The van der Waals surface area contributed by atoms with Crippen LogP contribution in [0.2, 0.25) is 0 Å².